The molecular weight excluding hydrogens is 305 g/mol. The third-order valence-corrected chi connectivity index (χ3v) is 2.91. The summed E-state index contributed by atoms with van der Waals surface area (Å²) >= 11 is 9.25. The second kappa shape index (κ2) is 6.67. The summed E-state index contributed by atoms with van der Waals surface area (Å²) in [7, 11) is 0. The smallest absolute Gasteiger partial charge is 0.335 e. The van der Waals surface area contributed by atoms with Crippen molar-refractivity contribution in [3.8, 4) is 0 Å². The first-order chi connectivity index (χ1) is 8.04. The molecule has 0 fully saturated rings. The Morgan fingerprint density at radius 2 is 2.29 bits per heavy atom. The van der Waals surface area contributed by atoms with E-state index in [0.29, 0.717) is 23.7 Å². The molecule has 5 heteroatoms. The Morgan fingerprint density at radius 3 is 2.94 bits per heavy atom. The maximum atomic E-state index is 11.3. The zero-order chi connectivity index (χ0) is 12.8. The molecular formula is C12H13BrClNO2. The largest absolute Gasteiger partial charge is 0.463 e. The molecule has 0 bridgehead atoms. The molecule has 17 heavy (non-hydrogen) atoms. The topological polar surface area (TPSA) is 38.3 Å². The van der Waals surface area contributed by atoms with Crippen molar-refractivity contribution in [3.63, 3.8) is 0 Å². The van der Waals surface area contributed by atoms with Crippen molar-refractivity contribution in [3.05, 3.63) is 39.8 Å². The van der Waals surface area contributed by atoms with E-state index in [4.69, 9.17) is 16.3 Å². The second-order valence-electron chi connectivity index (χ2n) is 3.30. The molecule has 1 rings (SSSR count). The SMILES string of the molecule is C=C(CNc1cc(Cl)ccc1Br)C(=O)OCC. The van der Waals surface area contributed by atoms with Crippen molar-refractivity contribution >= 4 is 39.2 Å². The maximum Gasteiger partial charge on any atom is 0.335 e. The molecule has 0 aromatic heterocycles. The van der Waals surface area contributed by atoms with Gasteiger partial charge in [-0.25, -0.2) is 4.79 Å². The van der Waals surface area contributed by atoms with Crippen LogP contribution in [-0.2, 0) is 9.53 Å². The van der Waals surface area contributed by atoms with Gasteiger partial charge >= 0.3 is 5.97 Å². The average Bonchev–Trinajstić information content (AvgIpc) is 2.30. The Labute approximate surface area is 114 Å². The van der Waals surface area contributed by atoms with Crippen molar-refractivity contribution in [2.75, 3.05) is 18.5 Å². The first kappa shape index (κ1) is 14.1. The predicted octanol–water partition coefficient (Wildman–Crippen LogP) is 3.63. The van der Waals surface area contributed by atoms with E-state index in [0.717, 1.165) is 10.2 Å². The number of halogens is 2. The third-order valence-electron chi connectivity index (χ3n) is 1.98. The lowest BCUT2D eigenvalue weighted by Crippen LogP contribution is -2.14. The lowest BCUT2D eigenvalue weighted by Gasteiger charge is -2.10. The molecule has 0 aliphatic carbocycles. The van der Waals surface area contributed by atoms with E-state index in [-0.39, 0.29) is 0 Å². The quantitative estimate of drug-likeness (QED) is 0.665. The lowest BCUT2D eigenvalue weighted by atomic mass is 10.2. The van der Waals surface area contributed by atoms with Crippen LogP contribution < -0.4 is 5.32 Å². The van der Waals surface area contributed by atoms with Crippen molar-refractivity contribution < 1.29 is 9.53 Å². The zero-order valence-electron chi connectivity index (χ0n) is 9.43. The highest BCUT2D eigenvalue weighted by Crippen LogP contribution is 2.25. The third kappa shape index (κ3) is 4.40. The van der Waals surface area contributed by atoms with Crippen molar-refractivity contribution in [2.45, 2.75) is 6.92 Å². The highest BCUT2D eigenvalue weighted by Gasteiger charge is 2.08. The standard InChI is InChI=1S/C12H13BrClNO2/c1-3-17-12(16)8(2)7-15-11-6-9(14)4-5-10(11)13/h4-6,15H,2-3,7H2,1H3. The second-order valence-corrected chi connectivity index (χ2v) is 4.59. The molecule has 1 aromatic rings. The van der Waals surface area contributed by atoms with Crippen molar-refractivity contribution in [1.29, 1.82) is 0 Å². The van der Waals surface area contributed by atoms with Crippen LogP contribution in [0.15, 0.2) is 34.8 Å². The van der Waals surface area contributed by atoms with Gasteiger partial charge in [0.1, 0.15) is 0 Å². The number of esters is 1. The Bertz CT molecular complexity index is 435. The van der Waals surface area contributed by atoms with Gasteiger partial charge in [-0.15, -0.1) is 0 Å². The van der Waals surface area contributed by atoms with E-state index in [1.807, 2.05) is 6.07 Å². The Kier molecular flexibility index (Phi) is 5.51. The minimum Gasteiger partial charge on any atom is -0.463 e. The van der Waals surface area contributed by atoms with Crippen molar-refractivity contribution in [1.82, 2.24) is 0 Å². The normalized spacial score (nSPS) is 9.82. The number of ether oxygens (including phenoxy) is 1. The van der Waals surface area contributed by atoms with E-state index < -0.39 is 5.97 Å². The average molecular weight is 319 g/mol. The molecule has 1 aromatic carbocycles. The van der Waals surface area contributed by atoms with Crippen LogP contribution >= 0.6 is 27.5 Å². The van der Waals surface area contributed by atoms with Crippen molar-refractivity contribution in [2.24, 2.45) is 0 Å². The number of benzene rings is 1. The van der Waals surface area contributed by atoms with Gasteiger partial charge in [-0.3, -0.25) is 0 Å². The van der Waals surface area contributed by atoms with E-state index in [9.17, 15) is 4.79 Å². The maximum absolute atomic E-state index is 11.3. The first-order valence-electron chi connectivity index (χ1n) is 5.08. The molecule has 0 aliphatic rings. The fourth-order valence-electron chi connectivity index (χ4n) is 1.14. The number of hydrogen-bond acceptors (Lipinski definition) is 3. The van der Waals surface area contributed by atoms with Crippen LogP contribution in [0.1, 0.15) is 6.92 Å². The summed E-state index contributed by atoms with van der Waals surface area (Å²) in [5.41, 5.74) is 1.18. The van der Waals surface area contributed by atoms with Gasteiger partial charge in [0.2, 0.25) is 0 Å². The summed E-state index contributed by atoms with van der Waals surface area (Å²) in [6, 6.07) is 5.37. The highest BCUT2D eigenvalue weighted by atomic mass is 79.9. The van der Waals surface area contributed by atoms with Gasteiger partial charge in [-0.05, 0) is 41.1 Å². The van der Waals surface area contributed by atoms with Crippen LogP contribution in [0, 0.1) is 0 Å². The van der Waals surface area contributed by atoms with Gasteiger partial charge in [0.25, 0.3) is 0 Å². The van der Waals surface area contributed by atoms with Crippen LogP contribution in [0.5, 0.6) is 0 Å². The number of nitrogens with one attached hydrogen (secondary N) is 1. The molecule has 0 aliphatic heterocycles. The molecule has 0 radical (unpaired) electrons. The van der Waals surface area contributed by atoms with Gasteiger partial charge in [0, 0.05) is 21.6 Å². The molecule has 3 nitrogen and oxygen atoms in total. The minimum absolute atomic E-state index is 0.317. The summed E-state index contributed by atoms with van der Waals surface area (Å²) in [6.07, 6.45) is 0. The number of anilines is 1. The minimum atomic E-state index is -0.391. The molecule has 0 saturated heterocycles. The van der Waals surface area contributed by atoms with Gasteiger partial charge in [-0.1, -0.05) is 18.2 Å². The van der Waals surface area contributed by atoms with E-state index in [1.54, 1.807) is 19.1 Å². The first-order valence-corrected chi connectivity index (χ1v) is 6.25. The van der Waals surface area contributed by atoms with Crippen LogP contribution in [0.25, 0.3) is 0 Å². The number of rotatable bonds is 5. The van der Waals surface area contributed by atoms with Crippen LogP contribution in [-0.4, -0.2) is 19.1 Å². The molecule has 0 amide bonds. The van der Waals surface area contributed by atoms with Crippen LogP contribution in [0.4, 0.5) is 5.69 Å². The van der Waals surface area contributed by atoms with Gasteiger partial charge < -0.3 is 10.1 Å². The molecule has 0 spiro atoms. The molecule has 92 valence electrons. The van der Waals surface area contributed by atoms with E-state index in [2.05, 4.69) is 27.8 Å². The van der Waals surface area contributed by atoms with Crippen LogP contribution in [0.3, 0.4) is 0 Å². The Hall–Kier alpha value is -1.00. The highest BCUT2D eigenvalue weighted by molar-refractivity contribution is 9.10. The van der Waals surface area contributed by atoms with Gasteiger partial charge in [0.05, 0.1) is 12.3 Å². The fraction of sp³-hybridized carbons (Fsp3) is 0.250. The van der Waals surface area contributed by atoms with Gasteiger partial charge in [0.15, 0.2) is 0 Å². The number of carbonyl (C=O) groups excluding carboxylic acids is 1. The number of carbonyl (C=O) groups is 1. The van der Waals surface area contributed by atoms with E-state index in [1.165, 1.54) is 0 Å². The van der Waals surface area contributed by atoms with Gasteiger partial charge in [-0.2, -0.15) is 0 Å². The lowest BCUT2D eigenvalue weighted by molar-refractivity contribution is -0.138. The molecule has 1 N–H and O–H groups in total. The predicted molar refractivity (Wildman–Crippen MR) is 73.4 cm³/mol. The summed E-state index contributed by atoms with van der Waals surface area (Å²) < 4.78 is 5.70. The molecule has 0 unspecified atom stereocenters. The zero-order valence-corrected chi connectivity index (χ0v) is 11.8. The monoisotopic (exact) mass is 317 g/mol. The summed E-state index contributed by atoms with van der Waals surface area (Å²) in [6.45, 7) is 6.07. The fourth-order valence-corrected chi connectivity index (χ4v) is 1.70. The summed E-state index contributed by atoms with van der Waals surface area (Å²) in [5, 5.41) is 3.68. The number of hydrogen-bond donors (Lipinski definition) is 1. The van der Waals surface area contributed by atoms with Crippen LogP contribution in [0.2, 0.25) is 5.02 Å². The molecule has 0 atom stereocenters. The molecule has 0 heterocycles. The summed E-state index contributed by atoms with van der Waals surface area (Å²) in [4.78, 5) is 11.3. The Morgan fingerprint density at radius 1 is 1.59 bits per heavy atom. The Balaban J connectivity index is 2.58. The molecule has 0 saturated carbocycles. The summed E-state index contributed by atoms with van der Waals surface area (Å²) in [5.74, 6) is -0.391. The van der Waals surface area contributed by atoms with E-state index >= 15 is 0 Å².